The van der Waals surface area contributed by atoms with Crippen molar-refractivity contribution in [1.29, 1.82) is 0 Å². The highest BCUT2D eigenvalue weighted by molar-refractivity contribution is 5.82. The first-order chi connectivity index (χ1) is 16.3. The van der Waals surface area contributed by atoms with E-state index in [0.29, 0.717) is 12.8 Å². The van der Waals surface area contributed by atoms with Gasteiger partial charge in [-0.25, -0.2) is 0 Å². The van der Waals surface area contributed by atoms with Crippen molar-refractivity contribution in [3.05, 3.63) is 58.4 Å². The quantitative estimate of drug-likeness (QED) is 0.299. The molecule has 6 nitrogen and oxygen atoms in total. The van der Waals surface area contributed by atoms with Crippen LogP contribution >= 0.6 is 0 Å². The molecule has 0 unspecified atom stereocenters. The fourth-order valence-corrected chi connectivity index (χ4v) is 3.96. The lowest BCUT2D eigenvalue weighted by Crippen LogP contribution is -2.22. The maximum Gasteiger partial charge on any atom is 0.453 e. The van der Waals surface area contributed by atoms with Gasteiger partial charge in [0.25, 0.3) is 5.76 Å². The van der Waals surface area contributed by atoms with Gasteiger partial charge in [0.1, 0.15) is 11.3 Å². The van der Waals surface area contributed by atoms with Crippen molar-refractivity contribution in [2.45, 2.75) is 45.2 Å². The van der Waals surface area contributed by atoms with Gasteiger partial charge in [-0.2, -0.15) is 13.2 Å². The second-order valence-corrected chi connectivity index (χ2v) is 7.98. The van der Waals surface area contributed by atoms with Crippen LogP contribution in [0.4, 0.5) is 13.2 Å². The summed E-state index contributed by atoms with van der Waals surface area (Å²) in [6, 6.07) is 9.80. The molecular formula is C25H23F3O6. The number of hydrogen-bond acceptors (Lipinski definition) is 6. The number of benzene rings is 2. The van der Waals surface area contributed by atoms with Crippen molar-refractivity contribution in [1.82, 2.24) is 0 Å². The molecule has 0 atom stereocenters. The summed E-state index contributed by atoms with van der Waals surface area (Å²) in [6.07, 6.45) is -0.678. The number of para-hydroxylation sites is 2. The van der Waals surface area contributed by atoms with E-state index in [9.17, 15) is 22.8 Å². The normalized spacial score (nSPS) is 14.7. The topological polar surface area (TPSA) is 75.0 Å². The van der Waals surface area contributed by atoms with Gasteiger partial charge < -0.3 is 18.6 Å². The zero-order chi connectivity index (χ0) is 24.3. The van der Waals surface area contributed by atoms with Crippen LogP contribution in [0, 0.1) is 5.92 Å². The second kappa shape index (κ2) is 9.79. The Labute approximate surface area is 193 Å². The number of alkyl halides is 3. The minimum Gasteiger partial charge on any atom is -0.490 e. The molecule has 1 fully saturated rings. The zero-order valence-corrected chi connectivity index (χ0v) is 18.4. The molecule has 34 heavy (non-hydrogen) atoms. The van der Waals surface area contributed by atoms with Crippen LogP contribution in [0.5, 0.6) is 23.0 Å². The van der Waals surface area contributed by atoms with Gasteiger partial charge in [0.2, 0.25) is 11.2 Å². The fourth-order valence-electron chi connectivity index (χ4n) is 3.96. The van der Waals surface area contributed by atoms with Gasteiger partial charge in [0.15, 0.2) is 11.5 Å². The number of hydrogen-bond donors (Lipinski definition) is 0. The molecule has 2 aromatic carbocycles. The minimum absolute atomic E-state index is 0.00899. The summed E-state index contributed by atoms with van der Waals surface area (Å²) < 4.78 is 62.7. The molecule has 0 radical (unpaired) electrons. The zero-order valence-electron chi connectivity index (χ0n) is 18.4. The standard InChI is InChI=1S/C25H23F3O6/c1-2-31-18-10-6-7-11-19(18)33-22-21(29)17-13-12-16(14-20(17)34-23(22)25(26,27)28)32-24(30)15-8-4-3-5-9-15/h6-7,10-15H,2-5,8-9H2,1H3. The van der Waals surface area contributed by atoms with Gasteiger partial charge >= 0.3 is 12.1 Å². The Morgan fingerprint density at radius 3 is 2.44 bits per heavy atom. The lowest BCUT2D eigenvalue weighted by atomic mass is 9.89. The first-order valence-corrected chi connectivity index (χ1v) is 11.1. The molecule has 0 saturated heterocycles. The van der Waals surface area contributed by atoms with E-state index in [1.54, 1.807) is 19.1 Å². The summed E-state index contributed by atoms with van der Waals surface area (Å²) in [4.78, 5) is 25.4. The van der Waals surface area contributed by atoms with E-state index in [0.717, 1.165) is 25.3 Å². The second-order valence-electron chi connectivity index (χ2n) is 7.98. The summed E-state index contributed by atoms with van der Waals surface area (Å²) in [5.41, 5.74) is -1.37. The van der Waals surface area contributed by atoms with Gasteiger partial charge in [0.05, 0.1) is 17.9 Å². The number of ether oxygens (including phenoxy) is 3. The van der Waals surface area contributed by atoms with Crippen molar-refractivity contribution >= 4 is 16.9 Å². The number of esters is 1. The number of halogens is 3. The van der Waals surface area contributed by atoms with Crippen molar-refractivity contribution in [2.24, 2.45) is 5.92 Å². The molecule has 1 aliphatic carbocycles. The third kappa shape index (κ3) is 5.03. The van der Waals surface area contributed by atoms with Gasteiger partial charge in [-0.05, 0) is 44.0 Å². The molecule has 9 heteroatoms. The van der Waals surface area contributed by atoms with E-state index in [2.05, 4.69) is 0 Å². The van der Waals surface area contributed by atoms with Crippen LogP contribution in [-0.2, 0) is 11.0 Å². The molecule has 4 rings (SSSR count). The van der Waals surface area contributed by atoms with E-state index in [1.165, 1.54) is 24.3 Å². The van der Waals surface area contributed by atoms with E-state index >= 15 is 0 Å². The Kier molecular flexibility index (Phi) is 6.81. The van der Waals surface area contributed by atoms with Crippen LogP contribution in [0.1, 0.15) is 44.8 Å². The monoisotopic (exact) mass is 476 g/mol. The third-order valence-corrected chi connectivity index (χ3v) is 5.60. The van der Waals surface area contributed by atoms with Gasteiger partial charge in [-0.3, -0.25) is 9.59 Å². The van der Waals surface area contributed by atoms with Gasteiger partial charge in [0, 0.05) is 6.07 Å². The number of carbonyl (C=O) groups is 1. The van der Waals surface area contributed by atoms with Crippen molar-refractivity contribution in [3.8, 4) is 23.0 Å². The SMILES string of the molecule is CCOc1ccccc1Oc1c(C(F)(F)F)oc2cc(OC(=O)C3CCCCC3)ccc2c1=O. The van der Waals surface area contributed by atoms with E-state index < -0.39 is 29.1 Å². The average Bonchev–Trinajstić information content (AvgIpc) is 2.82. The molecule has 0 amide bonds. The van der Waals surface area contributed by atoms with E-state index in [4.69, 9.17) is 18.6 Å². The molecule has 1 heterocycles. The van der Waals surface area contributed by atoms with E-state index in [1.807, 2.05) is 0 Å². The third-order valence-electron chi connectivity index (χ3n) is 5.60. The van der Waals surface area contributed by atoms with Crippen LogP contribution in [0.25, 0.3) is 11.0 Å². The Morgan fingerprint density at radius 1 is 1.06 bits per heavy atom. The summed E-state index contributed by atoms with van der Waals surface area (Å²) in [5, 5.41) is -0.144. The highest BCUT2D eigenvalue weighted by Gasteiger charge is 2.41. The molecule has 0 bridgehead atoms. The Hall–Kier alpha value is -3.49. The molecule has 0 spiro atoms. The predicted molar refractivity (Wildman–Crippen MR) is 117 cm³/mol. The van der Waals surface area contributed by atoms with Crippen molar-refractivity contribution in [2.75, 3.05) is 6.61 Å². The number of rotatable bonds is 6. The maximum absolute atomic E-state index is 13.8. The first kappa shape index (κ1) is 23.7. The highest BCUT2D eigenvalue weighted by Crippen LogP contribution is 2.40. The molecule has 1 saturated carbocycles. The smallest absolute Gasteiger partial charge is 0.453 e. The van der Waals surface area contributed by atoms with E-state index in [-0.39, 0.29) is 40.7 Å². The fraction of sp³-hybridized carbons (Fsp3) is 0.360. The van der Waals surface area contributed by atoms with Crippen LogP contribution in [0.15, 0.2) is 51.7 Å². The molecule has 0 aliphatic heterocycles. The Morgan fingerprint density at radius 2 is 1.76 bits per heavy atom. The van der Waals surface area contributed by atoms with Crippen LogP contribution in [-0.4, -0.2) is 12.6 Å². The lowest BCUT2D eigenvalue weighted by Gasteiger charge is -2.19. The molecule has 1 aromatic heterocycles. The molecule has 180 valence electrons. The first-order valence-electron chi connectivity index (χ1n) is 11.1. The Bertz CT molecular complexity index is 1240. The van der Waals surface area contributed by atoms with Crippen LogP contribution in [0.2, 0.25) is 0 Å². The van der Waals surface area contributed by atoms with Gasteiger partial charge in [-0.15, -0.1) is 0 Å². The Balaban J connectivity index is 1.73. The molecule has 1 aliphatic rings. The summed E-state index contributed by atoms with van der Waals surface area (Å²) >= 11 is 0. The van der Waals surface area contributed by atoms with Crippen molar-refractivity contribution < 1.29 is 36.6 Å². The summed E-state index contributed by atoms with van der Waals surface area (Å²) in [5.74, 6) is -3.14. The lowest BCUT2D eigenvalue weighted by molar-refractivity contribution is -0.154. The minimum atomic E-state index is -5.02. The largest absolute Gasteiger partial charge is 0.490 e. The average molecular weight is 476 g/mol. The molecule has 3 aromatic rings. The number of fused-ring (bicyclic) bond motifs is 1. The highest BCUT2D eigenvalue weighted by atomic mass is 19.4. The molecular weight excluding hydrogens is 453 g/mol. The summed E-state index contributed by atoms with van der Waals surface area (Å²) in [7, 11) is 0. The summed E-state index contributed by atoms with van der Waals surface area (Å²) in [6.45, 7) is 1.96. The molecule has 0 N–H and O–H groups in total. The number of carbonyl (C=O) groups excluding carboxylic acids is 1. The van der Waals surface area contributed by atoms with Crippen LogP contribution in [0.3, 0.4) is 0 Å². The van der Waals surface area contributed by atoms with Crippen molar-refractivity contribution in [3.63, 3.8) is 0 Å². The van der Waals surface area contributed by atoms with Crippen LogP contribution < -0.4 is 19.6 Å². The predicted octanol–water partition coefficient (Wildman–Crippen LogP) is 6.49. The maximum atomic E-state index is 13.8. The van der Waals surface area contributed by atoms with Gasteiger partial charge in [-0.1, -0.05) is 31.4 Å².